The number of rotatable bonds is 6. The Balaban J connectivity index is 1.42. The number of fused-ring (bicyclic) bond motifs is 1. The largest absolute Gasteiger partial charge is 0.486 e. The zero-order chi connectivity index (χ0) is 22.5. The number of nitrogens with one attached hydrogen (secondary N) is 1. The first-order valence-electron chi connectivity index (χ1n) is 9.47. The smallest absolute Gasteiger partial charge is 0.307 e. The van der Waals surface area contributed by atoms with Crippen LogP contribution >= 0.6 is 27.5 Å². The van der Waals surface area contributed by atoms with E-state index in [1.165, 1.54) is 6.21 Å². The molecule has 8 heteroatoms. The van der Waals surface area contributed by atoms with E-state index in [0.29, 0.717) is 32.0 Å². The summed E-state index contributed by atoms with van der Waals surface area (Å²) in [5.74, 6) is 0.158. The molecule has 0 aliphatic rings. The fourth-order valence-electron chi connectivity index (χ4n) is 3.01. The molecule has 4 rings (SSSR count). The lowest BCUT2D eigenvalue weighted by Gasteiger charge is -2.12. The summed E-state index contributed by atoms with van der Waals surface area (Å²) in [4.78, 5) is 12.3. The molecule has 0 unspecified atom stereocenters. The average Bonchev–Trinajstić information content (AvgIpc) is 3.23. The molecular weight excluding hydrogens is 494 g/mol. The summed E-state index contributed by atoms with van der Waals surface area (Å²) in [6.45, 7) is 0.197. The van der Waals surface area contributed by atoms with Gasteiger partial charge in [-0.3, -0.25) is 4.79 Å². The number of amides is 1. The maximum Gasteiger partial charge on any atom is 0.307 e. The van der Waals surface area contributed by atoms with Gasteiger partial charge in [0, 0.05) is 10.9 Å². The van der Waals surface area contributed by atoms with Gasteiger partial charge in [-0.25, -0.2) is 5.43 Å². The van der Waals surface area contributed by atoms with Crippen molar-refractivity contribution in [3.63, 3.8) is 0 Å². The van der Waals surface area contributed by atoms with Crippen LogP contribution in [0.1, 0.15) is 27.2 Å². The molecule has 0 fully saturated rings. The standard InChI is InChI=1S/C24H15BrClN3O3/c25-19-9-15(10-20(26)23(19)31-14-18-7-2-1-6-17(18)12-27)13-28-29-24(30)22-11-16-5-3-4-8-21(16)32-22/h1-11,13H,14H2,(H,29,30)/b28-13+. The van der Waals surface area contributed by atoms with Crippen LogP contribution in [0.25, 0.3) is 11.0 Å². The number of hydrazone groups is 1. The predicted molar refractivity (Wildman–Crippen MR) is 126 cm³/mol. The quantitative estimate of drug-likeness (QED) is 0.253. The molecule has 0 saturated heterocycles. The van der Waals surface area contributed by atoms with Gasteiger partial charge in [-0.1, -0.05) is 48.0 Å². The summed E-state index contributed by atoms with van der Waals surface area (Å²) < 4.78 is 12.0. The highest BCUT2D eigenvalue weighted by Gasteiger charge is 2.12. The molecule has 0 radical (unpaired) electrons. The summed E-state index contributed by atoms with van der Waals surface area (Å²) in [6, 6.07) is 21.8. The molecule has 1 N–H and O–H groups in total. The summed E-state index contributed by atoms with van der Waals surface area (Å²) >= 11 is 9.82. The fourth-order valence-corrected chi connectivity index (χ4v) is 4.00. The van der Waals surface area contributed by atoms with E-state index in [4.69, 9.17) is 20.8 Å². The third-order valence-corrected chi connectivity index (χ3v) is 5.43. The third-order valence-electron chi connectivity index (χ3n) is 4.56. The third kappa shape index (κ3) is 4.83. The van der Waals surface area contributed by atoms with E-state index >= 15 is 0 Å². The molecule has 1 heterocycles. The van der Waals surface area contributed by atoms with E-state index in [2.05, 4.69) is 32.5 Å². The van der Waals surface area contributed by atoms with Crippen LogP contribution in [0.5, 0.6) is 5.75 Å². The van der Waals surface area contributed by atoms with Crippen LogP contribution in [-0.4, -0.2) is 12.1 Å². The fraction of sp³-hybridized carbons (Fsp3) is 0.0417. The molecule has 0 bridgehead atoms. The van der Waals surface area contributed by atoms with Crippen molar-refractivity contribution in [3.05, 3.63) is 98.7 Å². The van der Waals surface area contributed by atoms with Crippen LogP contribution in [0.4, 0.5) is 0 Å². The van der Waals surface area contributed by atoms with E-state index in [0.717, 1.165) is 10.9 Å². The normalized spacial score (nSPS) is 10.9. The Kier molecular flexibility index (Phi) is 6.55. The minimum absolute atomic E-state index is 0.170. The highest BCUT2D eigenvalue weighted by Crippen LogP contribution is 2.35. The number of furan rings is 1. The van der Waals surface area contributed by atoms with Gasteiger partial charge in [-0.2, -0.15) is 10.4 Å². The molecular formula is C24H15BrClN3O3. The summed E-state index contributed by atoms with van der Waals surface area (Å²) in [6.07, 6.45) is 1.46. The molecule has 0 atom stereocenters. The second kappa shape index (κ2) is 9.69. The van der Waals surface area contributed by atoms with Gasteiger partial charge < -0.3 is 9.15 Å². The molecule has 158 valence electrons. The first-order chi connectivity index (χ1) is 15.5. The van der Waals surface area contributed by atoms with Crippen molar-refractivity contribution < 1.29 is 13.9 Å². The topological polar surface area (TPSA) is 87.6 Å². The number of hydrogen-bond donors (Lipinski definition) is 1. The van der Waals surface area contributed by atoms with Crippen LogP contribution < -0.4 is 10.2 Å². The Morgan fingerprint density at radius 1 is 1.19 bits per heavy atom. The lowest BCUT2D eigenvalue weighted by atomic mass is 10.1. The van der Waals surface area contributed by atoms with E-state index in [1.54, 1.807) is 36.4 Å². The monoisotopic (exact) mass is 507 g/mol. The molecule has 3 aromatic carbocycles. The number of nitriles is 1. The van der Waals surface area contributed by atoms with Gasteiger partial charge in [0.2, 0.25) is 0 Å². The SMILES string of the molecule is N#Cc1ccccc1COc1c(Cl)cc(/C=N/NC(=O)c2cc3ccccc3o2)cc1Br. The van der Waals surface area contributed by atoms with Crippen LogP contribution in [0.3, 0.4) is 0 Å². The van der Waals surface area contributed by atoms with Gasteiger partial charge in [0.1, 0.15) is 12.2 Å². The zero-order valence-corrected chi connectivity index (χ0v) is 18.9. The molecule has 6 nitrogen and oxygen atoms in total. The van der Waals surface area contributed by atoms with Crippen molar-refractivity contribution in [3.8, 4) is 11.8 Å². The molecule has 4 aromatic rings. The summed E-state index contributed by atoms with van der Waals surface area (Å²) in [7, 11) is 0. The number of hydrogen-bond acceptors (Lipinski definition) is 5. The van der Waals surface area contributed by atoms with Gasteiger partial charge in [0.05, 0.1) is 27.3 Å². The van der Waals surface area contributed by atoms with E-state index in [1.807, 2.05) is 30.3 Å². The van der Waals surface area contributed by atoms with Gasteiger partial charge in [0.15, 0.2) is 11.5 Å². The number of carbonyl (C=O) groups excluding carboxylic acids is 1. The van der Waals surface area contributed by atoms with Crippen molar-refractivity contribution in [2.75, 3.05) is 0 Å². The van der Waals surface area contributed by atoms with Gasteiger partial charge in [-0.15, -0.1) is 0 Å². The van der Waals surface area contributed by atoms with Crippen LogP contribution in [0.2, 0.25) is 5.02 Å². The molecule has 1 amide bonds. The minimum atomic E-state index is -0.460. The Bertz CT molecular complexity index is 1320. The summed E-state index contributed by atoms with van der Waals surface area (Å²) in [5.41, 5.74) is 5.02. The predicted octanol–water partition coefficient (Wildman–Crippen LogP) is 6.06. The number of benzene rings is 3. The Labute approximate surface area is 197 Å². The Morgan fingerprint density at radius 2 is 1.97 bits per heavy atom. The van der Waals surface area contributed by atoms with Crippen molar-refractivity contribution in [1.29, 1.82) is 5.26 Å². The molecule has 1 aromatic heterocycles. The number of para-hydroxylation sites is 1. The number of nitrogens with zero attached hydrogens (tertiary/aromatic N) is 2. The molecule has 32 heavy (non-hydrogen) atoms. The average molecular weight is 509 g/mol. The van der Waals surface area contributed by atoms with E-state index < -0.39 is 5.91 Å². The van der Waals surface area contributed by atoms with Crippen molar-refractivity contribution in [2.24, 2.45) is 5.10 Å². The first kappa shape index (κ1) is 21.6. The second-order valence-corrected chi connectivity index (χ2v) is 7.98. The lowest BCUT2D eigenvalue weighted by Crippen LogP contribution is -2.16. The maximum absolute atomic E-state index is 12.3. The minimum Gasteiger partial charge on any atom is -0.486 e. The van der Waals surface area contributed by atoms with Crippen LogP contribution in [0.15, 0.2) is 80.7 Å². The number of halogens is 2. The first-order valence-corrected chi connectivity index (χ1v) is 10.6. The van der Waals surface area contributed by atoms with Crippen LogP contribution in [0, 0.1) is 11.3 Å². The number of ether oxygens (including phenoxy) is 1. The highest BCUT2D eigenvalue weighted by molar-refractivity contribution is 9.10. The lowest BCUT2D eigenvalue weighted by molar-refractivity contribution is 0.0929. The van der Waals surface area contributed by atoms with E-state index in [-0.39, 0.29) is 12.4 Å². The van der Waals surface area contributed by atoms with Crippen molar-refractivity contribution in [1.82, 2.24) is 5.43 Å². The van der Waals surface area contributed by atoms with Crippen LogP contribution in [-0.2, 0) is 6.61 Å². The highest BCUT2D eigenvalue weighted by atomic mass is 79.9. The van der Waals surface area contributed by atoms with E-state index in [9.17, 15) is 10.1 Å². The summed E-state index contributed by atoms with van der Waals surface area (Å²) in [5, 5.41) is 14.4. The zero-order valence-electron chi connectivity index (χ0n) is 16.5. The maximum atomic E-state index is 12.3. The van der Waals surface area contributed by atoms with Gasteiger partial charge >= 0.3 is 5.91 Å². The molecule has 0 aliphatic heterocycles. The Hall–Kier alpha value is -3.60. The number of carbonyl (C=O) groups is 1. The van der Waals surface area contributed by atoms with Gasteiger partial charge in [0.25, 0.3) is 0 Å². The molecule has 0 saturated carbocycles. The molecule has 0 spiro atoms. The van der Waals surface area contributed by atoms with Gasteiger partial charge in [-0.05, 0) is 51.8 Å². The van der Waals surface area contributed by atoms with Crippen molar-refractivity contribution in [2.45, 2.75) is 6.61 Å². The Morgan fingerprint density at radius 3 is 2.75 bits per heavy atom. The molecule has 0 aliphatic carbocycles. The van der Waals surface area contributed by atoms with Crippen molar-refractivity contribution >= 4 is 50.6 Å². The second-order valence-electron chi connectivity index (χ2n) is 6.72.